The number of hydrogen-bond donors (Lipinski definition) is 1. The maximum absolute atomic E-state index is 12.5. The van der Waals surface area contributed by atoms with E-state index in [2.05, 4.69) is 20.4 Å². The molecule has 2 fully saturated rings. The normalized spacial score (nSPS) is 25.1. The van der Waals surface area contributed by atoms with E-state index in [4.69, 9.17) is 4.52 Å². The Bertz CT molecular complexity index is 720. The second kappa shape index (κ2) is 6.92. The summed E-state index contributed by atoms with van der Waals surface area (Å²) < 4.78 is 5.26. The lowest BCUT2D eigenvalue weighted by atomic mass is 9.98. The van der Waals surface area contributed by atoms with Crippen molar-refractivity contribution in [2.75, 3.05) is 7.05 Å². The number of piperidine rings is 1. The number of carbonyl (C=O) groups excluding carboxylic acids is 1. The van der Waals surface area contributed by atoms with Gasteiger partial charge in [0.1, 0.15) is 5.69 Å². The lowest BCUT2D eigenvalue weighted by Gasteiger charge is -2.35. The van der Waals surface area contributed by atoms with E-state index in [0.29, 0.717) is 48.4 Å². The van der Waals surface area contributed by atoms with E-state index in [1.165, 1.54) is 12.8 Å². The molecule has 1 N–H and O–H groups in total. The number of amides is 1. The third-order valence-electron chi connectivity index (χ3n) is 5.30. The molecular weight excluding hydrogens is 318 g/mol. The fraction of sp³-hybridized carbons (Fsp3) is 0.556. The van der Waals surface area contributed by atoms with Crippen LogP contribution < -0.4 is 5.32 Å². The average molecular weight is 341 g/mol. The predicted molar refractivity (Wildman–Crippen MR) is 91.6 cm³/mol. The summed E-state index contributed by atoms with van der Waals surface area (Å²) in [5.74, 6) is 1.09. The number of fused-ring (bicyclic) bond motifs is 2. The minimum Gasteiger partial charge on any atom is -0.343 e. The molecule has 1 amide bonds. The van der Waals surface area contributed by atoms with Crippen LogP contribution in [0, 0.1) is 0 Å². The van der Waals surface area contributed by atoms with Crippen molar-refractivity contribution < 1.29 is 9.32 Å². The van der Waals surface area contributed by atoms with Crippen LogP contribution in [0.5, 0.6) is 0 Å². The first-order valence-electron chi connectivity index (χ1n) is 8.95. The van der Waals surface area contributed by atoms with Gasteiger partial charge in [-0.3, -0.25) is 9.78 Å². The second-order valence-electron chi connectivity index (χ2n) is 6.99. The summed E-state index contributed by atoms with van der Waals surface area (Å²) in [5, 5.41) is 7.56. The number of nitrogens with one attached hydrogen (secondary N) is 1. The van der Waals surface area contributed by atoms with E-state index in [1.807, 2.05) is 30.1 Å². The number of aryl methyl sites for hydroxylation is 1. The van der Waals surface area contributed by atoms with Crippen LogP contribution in [0.3, 0.4) is 0 Å². The third kappa shape index (κ3) is 3.56. The maximum Gasteiger partial charge on any atom is 0.227 e. The first-order chi connectivity index (χ1) is 12.2. The van der Waals surface area contributed by atoms with Crippen molar-refractivity contribution in [2.45, 2.75) is 56.7 Å². The molecule has 2 bridgehead atoms. The first kappa shape index (κ1) is 16.2. The van der Waals surface area contributed by atoms with Gasteiger partial charge in [-0.05, 0) is 37.8 Å². The van der Waals surface area contributed by atoms with Crippen molar-refractivity contribution >= 4 is 5.91 Å². The molecule has 4 heterocycles. The van der Waals surface area contributed by atoms with Gasteiger partial charge in [-0.1, -0.05) is 11.2 Å². The molecule has 2 aliphatic rings. The molecule has 0 saturated carbocycles. The highest BCUT2D eigenvalue weighted by Crippen LogP contribution is 2.29. The molecule has 2 unspecified atom stereocenters. The van der Waals surface area contributed by atoms with E-state index in [-0.39, 0.29) is 5.91 Å². The Kier molecular flexibility index (Phi) is 4.48. The number of carbonyl (C=O) groups is 1. The Balaban J connectivity index is 1.32. The van der Waals surface area contributed by atoms with Gasteiger partial charge in [-0.25, -0.2) is 0 Å². The zero-order chi connectivity index (χ0) is 17.2. The summed E-state index contributed by atoms with van der Waals surface area (Å²) in [4.78, 5) is 23.0. The van der Waals surface area contributed by atoms with Gasteiger partial charge in [0.05, 0.1) is 0 Å². The predicted octanol–water partition coefficient (Wildman–Crippen LogP) is 1.81. The first-order valence-corrected chi connectivity index (χ1v) is 8.95. The number of hydrogen-bond acceptors (Lipinski definition) is 6. The highest BCUT2D eigenvalue weighted by atomic mass is 16.5. The molecule has 0 radical (unpaired) electrons. The van der Waals surface area contributed by atoms with E-state index in [9.17, 15) is 4.79 Å². The summed E-state index contributed by atoms with van der Waals surface area (Å²) in [7, 11) is 1.92. The van der Waals surface area contributed by atoms with Crippen LogP contribution in [0.1, 0.15) is 38.0 Å². The summed E-state index contributed by atoms with van der Waals surface area (Å²) in [5.41, 5.74) is 0.672. The van der Waals surface area contributed by atoms with Crippen LogP contribution in [0.4, 0.5) is 0 Å². The smallest absolute Gasteiger partial charge is 0.227 e. The van der Waals surface area contributed by atoms with Crippen LogP contribution in [0.15, 0.2) is 28.9 Å². The van der Waals surface area contributed by atoms with Gasteiger partial charge in [0.15, 0.2) is 0 Å². The minimum atomic E-state index is 0.142. The molecule has 2 aromatic rings. The topological polar surface area (TPSA) is 84.2 Å². The Morgan fingerprint density at radius 3 is 2.84 bits per heavy atom. The molecule has 0 spiro atoms. The summed E-state index contributed by atoms with van der Waals surface area (Å²) >= 11 is 0. The number of nitrogens with zero attached hydrogens (tertiary/aromatic N) is 4. The highest BCUT2D eigenvalue weighted by molar-refractivity contribution is 5.76. The SMILES string of the molecule is CN(C(=O)CCc1nc(-c2ccccn2)no1)C1CC2CCC(C1)N2. The Morgan fingerprint density at radius 1 is 1.32 bits per heavy atom. The molecular formula is C18H23N5O2. The molecule has 2 aromatic heterocycles. The molecule has 2 aliphatic heterocycles. The minimum absolute atomic E-state index is 0.142. The number of rotatable bonds is 5. The Morgan fingerprint density at radius 2 is 2.12 bits per heavy atom. The molecule has 2 atom stereocenters. The zero-order valence-electron chi connectivity index (χ0n) is 14.4. The molecule has 0 aromatic carbocycles. The Labute approximate surface area is 146 Å². The molecule has 0 aliphatic carbocycles. The lowest BCUT2D eigenvalue weighted by molar-refractivity contribution is -0.132. The van der Waals surface area contributed by atoms with Crippen molar-refractivity contribution in [3.63, 3.8) is 0 Å². The van der Waals surface area contributed by atoms with Gasteiger partial charge < -0.3 is 14.7 Å². The Hall–Kier alpha value is -2.28. The molecule has 25 heavy (non-hydrogen) atoms. The van der Waals surface area contributed by atoms with E-state index in [0.717, 1.165) is 12.8 Å². The van der Waals surface area contributed by atoms with Gasteiger partial charge in [0.2, 0.25) is 17.6 Å². The van der Waals surface area contributed by atoms with Gasteiger partial charge in [-0.2, -0.15) is 4.98 Å². The van der Waals surface area contributed by atoms with E-state index < -0.39 is 0 Å². The van der Waals surface area contributed by atoms with Gasteiger partial charge in [0.25, 0.3) is 0 Å². The van der Waals surface area contributed by atoms with Gasteiger partial charge >= 0.3 is 0 Å². The largest absolute Gasteiger partial charge is 0.343 e. The highest BCUT2D eigenvalue weighted by Gasteiger charge is 2.36. The van der Waals surface area contributed by atoms with Gasteiger partial charge in [0, 0.05) is 44.2 Å². The fourth-order valence-electron chi connectivity index (χ4n) is 3.89. The van der Waals surface area contributed by atoms with Crippen LogP contribution in [-0.2, 0) is 11.2 Å². The fourth-order valence-corrected chi connectivity index (χ4v) is 3.89. The zero-order valence-corrected chi connectivity index (χ0v) is 14.4. The number of pyridine rings is 1. The van der Waals surface area contributed by atoms with Crippen molar-refractivity contribution in [1.29, 1.82) is 0 Å². The second-order valence-corrected chi connectivity index (χ2v) is 6.99. The maximum atomic E-state index is 12.5. The summed E-state index contributed by atoms with van der Waals surface area (Å²) in [6.07, 6.45) is 7.13. The van der Waals surface area contributed by atoms with E-state index in [1.54, 1.807) is 6.20 Å². The van der Waals surface area contributed by atoms with E-state index >= 15 is 0 Å². The van der Waals surface area contributed by atoms with Gasteiger partial charge in [-0.15, -0.1) is 0 Å². The van der Waals surface area contributed by atoms with Crippen molar-refractivity contribution in [3.8, 4) is 11.5 Å². The van der Waals surface area contributed by atoms with Crippen LogP contribution in [0.25, 0.3) is 11.5 Å². The van der Waals surface area contributed by atoms with Crippen molar-refractivity contribution in [3.05, 3.63) is 30.3 Å². The lowest BCUT2D eigenvalue weighted by Crippen LogP contribution is -2.48. The standard InChI is InChI=1S/C18H23N5O2/c1-23(14-10-12-5-6-13(11-14)20-12)17(24)8-7-16-21-18(22-25-16)15-4-2-3-9-19-15/h2-4,9,12-14,20H,5-8,10-11H2,1H3. The average Bonchev–Trinajstić information content (AvgIpc) is 3.26. The summed E-state index contributed by atoms with van der Waals surface area (Å²) in [6, 6.07) is 7.05. The summed E-state index contributed by atoms with van der Waals surface area (Å²) in [6.45, 7) is 0. The monoisotopic (exact) mass is 341 g/mol. The van der Waals surface area contributed by atoms with Crippen molar-refractivity contribution in [2.24, 2.45) is 0 Å². The molecule has 7 nitrogen and oxygen atoms in total. The third-order valence-corrected chi connectivity index (χ3v) is 5.30. The van der Waals surface area contributed by atoms with Crippen LogP contribution in [0.2, 0.25) is 0 Å². The molecule has 2 saturated heterocycles. The quantitative estimate of drug-likeness (QED) is 0.893. The van der Waals surface area contributed by atoms with Crippen LogP contribution in [-0.4, -0.2) is 51.1 Å². The number of aromatic nitrogens is 3. The molecule has 4 rings (SSSR count). The van der Waals surface area contributed by atoms with Crippen LogP contribution >= 0.6 is 0 Å². The molecule has 132 valence electrons. The van der Waals surface area contributed by atoms with Crippen molar-refractivity contribution in [1.82, 2.24) is 25.3 Å². The molecule has 7 heteroatoms.